The molecular formula is C24H31NO4. The Bertz CT molecular complexity index is 905. The summed E-state index contributed by atoms with van der Waals surface area (Å²) in [6.07, 6.45) is 6.63. The molecular weight excluding hydrogens is 366 g/mol. The zero-order valence-corrected chi connectivity index (χ0v) is 17.8. The van der Waals surface area contributed by atoms with E-state index in [2.05, 4.69) is 0 Å². The molecule has 0 saturated heterocycles. The van der Waals surface area contributed by atoms with Crippen molar-refractivity contribution >= 4 is 12.0 Å². The van der Waals surface area contributed by atoms with E-state index in [0.717, 1.165) is 16.7 Å². The fraction of sp³-hybridized carbons (Fsp3) is 0.417. The van der Waals surface area contributed by atoms with Crippen LogP contribution in [0.2, 0.25) is 0 Å². The zero-order valence-electron chi connectivity index (χ0n) is 17.8. The number of hydrogen-bond acceptors (Lipinski definition) is 4. The lowest BCUT2D eigenvalue weighted by molar-refractivity contribution is -0.143. The van der Waals surface area contributed by atoms with Crippen molar-refractivity contribution in [3.63, 3.8) is 0 Å². The first-order valence-electron chi connectivity index (χ1n) is 10.1. The minimum atomic E-state index is -0.979. The van der Waals surface area contributed by atoms with Crippen molar-refractivity contribution in [2.45, 2.75) is 59.1 Å². The standard InChI is InChI=1S/C24H31NO4/c1-5-29-22(26)13-9-12-21-20(14-15-24(3,4)28)18(2)16-25(23(21)27)17-19-10-7-6-8-11-19/h6-8,10-11,14-16,28H,5,9,12-13,17H2,1-4H3/b15-14+. The molecule has 0 aliphatic heterocycles. The number of hydrogen-bond donors (Lipinski definition) is 1. The normalized spacial score (nSPS) is 11.8. The van der Waals surface area contributed by atoms with Gasteiger partial charge in [0.2, 0.25) is 0 Å². The first-order chi connectivity index (χ1) is 13.7. The number of rotatable bonds is 9. The molecule has 0 atom stereocenters. The van der Waals surface area contributed by atoms with Gasteiger partial charge in [0, 0.05) is 18.2 Å². The Kier molecular flexibility index (Phi) is 7.97. The molecule has 0 amide bonds. The van der Waals surface area contributed by atoms with Gasteiger partial charge in [-0.05, 0) is 57.2 Å². The van der Waals surface area contributed by atoms with Crippen LogP contribution in [0.5, 0.6) is 0 Å². The van der Waals surface area contributed by atoms with Crippen LogP contribution in [0.25, 0.3) is 6.08 Å². The summed E-state index contributed by atoms with van der Waals surface area (Å²) in [6, 6.07) is 9.83. The van der Waals surface area contributed by atoms with Gasteiger partial charge in [-0.1, -0.05) is 42.5 Å². The third kappa shape index (κ3) is 7.02. The fourth-order valence-electron chi connectivity index (χ4n) is 3.19. The number of aliphatic hydroxyl groups is 1. The molecule has 0 saturated carbocycles. The third-order valence-electron chi connectivity index (χ3n) is 4.59. The van der Waals surface area contributed by atoms with Crippen LogP contribution in [-0.4, -0.2) is 27.9 Å². The SMILES string of the molecule is CCOC(=O)CCCc1c(/C=C/C(C)(C)O)c(C)cn(Cc2ccccc2)c1=O. The maximum absolute atomic E-state index is 13.2. The van der Waals surface area contributed by atoms with Crippen LogP contribution in [0.3, 0.4) is 0 Å². The molecule has 0 fully saturated rings. The van der Waals surface area contributed by atoms with E-state index >= 15 is 0 Å². The first kappa shape index (κ1) is 22.6. The Balaban J connectivity index is 2.39. The van der Waals surface area contributed by atoms with E-state index in [1.807, 2.05) is 49.5 Å². The molecule has 1 aromatic carbocycles. The summed E-state index contributed by atoms with van der Waals surface area (Å²) in [5.41, 5.74) is 2.42. The number of carbonyl (C=O) groups is 1. The Labute approximate surface area is 172 Å². The molecule has 5 nitrogen and oxygen atoms in total. The number of aromatic nitrogens is 1. The summed E-state index contributed by atoms with van der Waals surface area (Å²) in [4.78, 5) is 24.9. The molecule has 5 heteroatoms. The number of pyridine rings is 1. The van der Waals surface area contributed by atoms with Crippen molar-refractivity contribution in [1.29, 1.82) is 0 Å². The van der Waals surface area contributed by atoms with Crippen LogP contribution >= 0.6 is 0 Å². The van der Waals surface area contributed by atoms with Crippen molar-refractivity contribution in [1.82, 2.24) is 4.57 Å². The Morgan fingerprint density at radius 1 is 1.24 bits per heavy atom. The lowest BCUT2D eigenvalue weighted by Crippen LogP contribution is -2.26. The predicted molar refractivity (Wildman–Crippen MR) is 116 cm³/mol. The molecule has 0 radical (unpaired) electrons. The number of benzene rings is 1. The summed E-state index contributed by atoms with van der Waals surface area (Å²) < 4.78 is 6.70. The third-order valence-corrected chi connectivity index (χ3v) is 4.59. The molecule has 0 spiro atoms. The van der Waals surface area contributed by atoms with Crippen molar-refractivity contribution in [3.8, 4) is 0 Å². The van der Waals surface area contributed by atoms with E-state index in [-0.39, 0.29) is 17.9 Å². The van der Waals surface area contributed by atoms with Gasteiger partial charge in [-0.2, -0.15) is 0 Å². The highest BCUT2D eigenvalue weighted by molar-refractivity contribution is 5.69. The van der Waals surface area contributed by atoms with Crippen molar-refractivity contribution in [2.75, 3.05) is 6.61 Å². The van der Waals surface area contributed by atoms with Crippen molar-refractivity contribution in [2.24, 2.45) is 0 Å². The van der Waals surface area contributed by atoms with Crippen LogP contribution < -0.4 is 5.56 Å². The predicted octanol–water partition coefficient (Wildman–Crippen LogP) is 3.87. The van der Waals surface area contributed by atoms with Crippen LogP contribution in [-0.2, 0) is 22.5 Å². The van der Waals surface area contributed by atoms with Gasteiger partial charge in [0.05, 0.1) is 18.8 Å². The quantitative estimate of drug-likeness (QED) is 0.652. The van der Waals surface area contributed by atoms with Gasteiger partial charge < -0.3 is 14.4 Å². The molecule has 29 heavy (non-hydrogen) atoms. The molecule has 0 aliphatic rings. The van der Waals surface area contributed by atoms with Gasteiger partial charge in [0.15, 0.2) is 0 Å². The van der Waals surface area contributed by atoms with Gasteiger partial charge >= 0.3 is 5.97 Å². The van der Waals surface area contributed by atoms with Crippen LogP contribution in [0.15, 0.2) is 47.4 Å². The average Bonchev–Trinajstić information content (AvgIpc) is 2.65. The van der Waals surface area contributed by atoms with Gasteiger partial charge in [-0.15, -0.1) is 0 Å². The number of nitrogens with zero attached hydrogens (tertiary/aromatic N) is 1. The number of carbonyl (C=O) groups excluding carboxylic acids is 1. The maximum Gasteiger partial charge on any atom is 0.305 e. The largest absolute Gasteiger partial charge is 0.466 e. The first-order valence-corrected chi connectivity index (χ1v) is 10.1. The summed E-state index contributed by atoms with van der Waals surface area (Å²) >= 11 is 0. The highest BCUT2D eigenvalue weighted by atomic mass is 16.5. The molecule has 1 aromatic heterocycles. The van der Waals surface area contributed by atoms with E-state index in [1.54, 1.807) is 31.4 Å². The Hall–Kier alpha value is -2.66. The number of aryl methyl sites for hydroxylation is 1. The molecule has 0 aliphatic carbocycles. The smallest absolute Gasteiger partial charge is 0.305 e. The second kappa shape index (κ2) is 10.2. The molecule has 1 heterocycles. The van der Waals surface area contributed by atoms with Crippen LogP contribution in [0.4, 0.5) is 0 Å². The molecule has 2 rings (SSSR count). The maximum atomic E-state index is 13.2. The molecule has 1 N–H and O–H groups in total. The van der Waals surface area contributed by atoms with E-state index < -0.39 is 5.60 Å². The van der Waals surface area contributed by atoms with E-state index in [4.69, 9.17) is 4.74 Å². The number of ether oxygens (including phenoxy) is 1. The molecule has 0 unspecified atom stereocenters. The second-order valence-electron chi connectivity index (χ2n) is 7.77. The van der Waals surface area contributed by atoms with Gasteiger partial charge in [0.25, 0.3) is 5.56 Å². The average molecular weight is 398 g/mol. The second-order valence-corrected chi connectivity index (χ2v) is 7.77. The fourth-order valence-corrected chi connectivity index (χ4v) is 3.19. The van der Waals surface area contributed by atoms with Crippen molar-refractivity contribution in [3.05, 3.63) is 75.2 Å². The minimum Gasteiger partial charge on any atom is -0.466 e. The lowest BCUT2D eigenvalue weighted by atomic mass is 9.97. The Morgan fingerprint density at radius 2 is 1.93 bits per heavy atom. The summed E-state index contributed by atoms with van der Waals surface area (Å²) in [5, 5.41) is 10.1. The van der Waals surface area contributed by atoms with Crippen LogP contribution in [0, 0.1) is 6.92 Å². The molecule has 156 valence electrons. The Morgan fingerprint density at radius 3 is 2.55 bits per heavy atom. The van der Waals surface area contributed by atoms with E-state index in [0.29, 0.717) is 31.6 Å². The topological polar surface area (TPSA) is 68.5 Å². The highest BCUT2D eigenvalue weighted by Gasteiger charge is 2.15. The van der Waals surface area contributed by atoms with Crippen molar-refractivity contribution < 1.29 is 14.6 Å². The van der Waals surface area contributed by atoms with E-state index in [9.17, 15) is 14.7 Å². The minimum absolute atomic E-state index is 0.0706. The van der Waals surface area contributed by atoms with Gasteiger partial charge in [-0.25, -0.2) is 0 Å². The van der Waals surface area contributed by atoms with Gasteiger partial charge in [-0.3, -0.25) is 9.59 Å². The summed E-state index contributed by atoms with van der Waals surface area (Å²) in [6.45, 7) is 7.96. The van der Waals surface area contributed by atoms with E-state index in [1.165, 1.54) is 0 Å². The molecule has 0 bridgehead atoms. The van der Waals surface area contributed by atoms with Gasteiger partial charge in [0.1, 0.15) is 0 Å². The number of esters is 1. The summed E-state index contributed by atoms with van der Waals surface area (Å²) in [5.74, 6) is -0.252. The zero-order chi connectivity index (χ0) is 21.4. The summed E-state index contributed by atoms with van der Waals surface area (Å²) in [7, 11) is 0. The lowest BCUT2D eigenvalue weighted by Gasteiger charge is -2.16. The van der Waals surface area contributed by atoms with Crippen LogP contribution in [0.1, 0.15) is 55.9 Å². The highest BCUT2D eigenvalue weighted by Crippen LogP contribution is 2.18. The molecule has 2 aromatic rings. The monoisotopic (exact) mass is 397 g/mol.